The third-order valence-electron chi connectivity index (χ3n) is 7.58. The van der Waals surface area contributed by atoms with Crippen LogP contribution in [0.15, 0.2) is 168 Å². The topological polar surface area (TPSA) is 24.7 Å². The summed E-state index contributed by atoms with van der Waals surface area (Å²) in [5.41, 5.74) is 11.0. The molecule has 0 unspecified atom stereocenters. The van der Waals surface area contributed by atoms with Gasteiger partial charge in [0.05, 0.1) is 11.4 Å². The van der Waals surface area contributed by atoms with Crippen LogP contribution >= 0.6 is 23.5 Å². The van der Waals surface area contributed by atoms with E-state index < -0.39 is 0 Å². The number of benzene rings is 6. The Balaban J connectivity index is 0.00000167. The number of rotatable bonds is 6. The van der Waals surface area contributed by atoms with Crippen LogP contribution in [0.4, 0.5) is 11.4 Å². The van der Waals surface area contributed by atoms with Gasteiger partial charge in [0.15, 0.2) is 0 Å². The standard InChI is InChI=1S/C40H30N2S2.2CH3.Ni/c1-5-15-29(16-6-1)33-23-13-24-34(30-17-7-2-8-18-30)37(33)41-39-40(44-28-27-43-39)42-38-35(31-19-9-3-10-20-31)25-14-26-36(38)32-21-11-4-12-22-32;;;/h1-26H,27-28H2;2*1H3;/q;-1;+1;. The van der Waals surface area contributed by atoms with E-state index in [2.05, 4.69) is 158 Å². The molecular formula is C42H36N2NiS2. The van der Waals surface area contributed by atoms with E-state index in [0.717, 1.165) is 77.5 Å². The second kappa shape index (κ2) is 17.0. The molecule has 47 heavy (non-hydrogen) atoms. The molecule has 0 spiro atoms. The van der Waals surface area contributed by atoms with Crippen molar-refractivity contribution in [3.63, 3.8) is 0 Å². The molecule has 6 aromatic carbocycles. The van der Waals surface area contributed by atoms with Gasteiger partial charge in [-0.15, -0.1) is 23.5 Å². The van der Waals surface area contributed by atoms with Gasteiger partial charge in [-0.1, -0.05) is 158 Å². The molecule has 1 fully saturated rings. The summed E-state index contributed by atoms with van der Waals surface area (Å²) >= 11 is 3.59. The van der Waals surface area contributed by atoms with Crippen LogP contribution < -0.4 is 0 Å². The van der Waals surface area contributed by atoms with Crippen LogP contribution in [-0.2, 0) is 16.5 Å². The summed E-state index contributed by atoms with van der Waals surface area (Å²) in [7, 11) is 0. The Bertz CT molecular complexity index is 1680. The Kier molecular flexibility index (Phi) is 12.9. The van der Waals surface area contributed by atoms with E-state index in [1.54, 1.807) is 23.5 Å². The first-order chi connectivity index (χ1) is 21.8. The molecule has 0 bridgehead atoms. The van der Waals surface area contributed by atoms with Crippen molar-refractivity contribution in [2.24, 2.45) is 9.98 Å². The SMILES string of the molecule is [CH3+].[CH3-].[Ni].c1ccc(-c2cccc(-c3ccccc3)c2N=C2SCCSC2=Nc2c(-c3ccccc3)cccc2-c2ccccc2)cc1. The van der Waals surface area contributed by atoms with Crippen LogP contribution in [0, 0.1) is 14.9 Å². The fourth-order valence-corrected chi connectivity index (χ4v) is 7.55. The van der Waals surface area contributed by atoms with Gasteiger partial charge in [-0.05, 0) is 22.3 Å². The van der Waals surface area contributed by atoms with Crippen molar-refractivity contribution in [3.8, 4) is 44.5 Å². The molecule has 6 aromatic rings. The maximum atomic E-state index is 5.48. The average Bonchev–Trinajstić information content (AvgIpc) is 3.11. The zero-order valence-corrected chi connectivity index (χ0v) is 29.1. The summed E-state index contributed by atoms with van der Waals surface area (Å²) in [6, 6.07) is 55.2. The Hall–Kier alpha value is -4.28. The zero-order valence-electron chi connectivity index (χ0n) is 26.5. The van der Waals surface area contributed by atoms with Gasteiger partial charge in [-0.2, -0.15) is 0 Å². The van der Waals surface area contributed by atoms with E-state index in [-0.39, 0.29) is 31.3 Å². The van der Waals surface area contributed by atoms with Gasteiger partial charge >= 0.3 is 0 Å². The first-order valence-corrected chi connectivity index (χ1v) is 16.7. The van der Waals surface area contributed by atoms with Gasteiger partial charge in [0, 0.05) is 57.7 Å². The van der Waals surface area contributed by atoms with Gasteiger partial charge < -0.3 is 7.43 Å². The normalized spacial score (nSPS) is 14.0. The molecule has 0 amide bonds. The van der Waals surface area contributed by atoms with Gasteiger partial charge in [0.2, 0.25) is 0 Å². The van der Waals surface area contributed by atoms with Crippen molar-refractivity contribution < 1.29 is 16.5 Å². The molecule has 7 rings (SSSR count). The van der Waals surface area contributed by atoms with Crippen molar-refractivity contribution in [2.45, 2.75) is 0 Å². The van der Waals surface area contributed by atoms with E-state index in [9.17, 15) is 0 Å². The molecule has 0 N–H and O–H groups in total. The first kappa shape index (κ1) is 35.6. The molecule has 1 saturated heterocycles. The Morgan fingerprint density at radius 3 is 0.872 bits per heavy atom. The van der Waals surface area contributed by atoms with E-state index in [1.165, 1.54) is 0 Å². The van der Waals surface area contributed by atoms with Crippen LogP contribution in [0.25, 0.3) is 44.5 Å². The Labute approximate surface area is 298 Å². The van der Waals surface area contributed by atoms with Crippen molar-refractivity contribution in [3.05, 3.63) is 173 Å². The van der Waals surface area contributed by atoms with Crippen LogP contribution in [-0.4, -0.2) is 21.6 Å². The summed E-state index contributed by atoms with van der Waals surface area (Å²) in [5.74, 6) is 1.98. The fraction of sp³-hybridized carbons (Fsp3) is 0.0476. The Morgan fingerprint density at radius 1 is 0.362 bits per heavy atom. The largest absolute Gasteiger partial charge is 0.358 e. The average molecular weight is 692 g/mol. The summed E-state index contributed by atoms with van der Waals surface area (Å²) in [5, 5.41) is 1.92. The van der Waals surface area contributed by atoms with Gasteiger partial charge in [-0.25, -0.2) is 9.98 Å². The molecule has 0 radical (unpaired) electrons. The predicted octanol–water partition coefficient (Wildman–Crippen LogP) is 12.5. The smallest absolute Gasteiger partial charge is 0.129 e. The van der Waals surface area contributed by atoms with Crippen LogP contribution in [0.3, 0.4) is 0 Å². The molecule has 0 saturated carbocycles. The second-order valence-corrected chi connectivity index (χ2v) is 12.6. The third kappa shape index (κ3) is 8.00. The van der Waals surface area contributed by atoms with Crippen molar-refractivity contribution in [2.75, 3.05) is 11.5 Å². The summed E-state index contributed by atoms with van der Waals surface area (Å²) in [6.07, 6.45) is 0. The van der Waals surface area contributed by atoms with Crippen molar-refractivity contribution >= 4 is 45.0 Å². The minimum Gasteiger partial charge on any atom is -0.358 e. The monoisotopic (exact) mass is 690 g/mol. The molecule has 236 valence electrons. The minimum absolute atomic E-state index is 0. The molecule has 0 aliphatic carbocycles. The minimum atomic E-state index is 0. The third-order valence-corrected chi connectivity index (χ3v) is 9.90. The first-order valence-electron chi connectivity index (χ1n) is 14.8. The maximum absolute atomic E-state index is 5.48. The van der Waals surface area contributed by atoms with E-state index >= 15 is 0 Å². The van der Waals surface area contributed by atoms with Gasteiger partial charge in [0.1, 0.15) is 10.1 Å². The number of para-hydroxylation sites is 2. The summed E-state index contributed by atoms with van der Waals surface area (Å²) in [4.78, 5) is 11.0. The number of aliphatic imine (C=N–C) groups is 2. The van der Waals surface area contributed by atoms with Crippen LogP contribution in [0.5, 0.6) is 0 Å². The van der Waals surface area contributed by atoms with Crippen molar-refractivity contribution in [1.29, 1.82) is 0 Å². The van der Waals surface area contributed by atoms with E-state index in [0.29, 0.717) is 0 Å². The molecule has 1 heterocycles. The molecule has 5 heteroatoms. The van der Waals surface area contributed by atoms with Crippen LogP contribution in [0.2, 0.25) is 0 Å². The molecule has 2 nitrogen and oxygen atoms in total. The fourth-order valence-electron chi connectivity index (χ4n) is 5.49. The van der Waals surface area contributed by atoms with Crippen molar-refractivity contribution in [1.82, 2.24) is 0 Å². The quantitative estimate of drug-likeness (QED) is 0.128. The van der Waals surface area contributed by atoms with E-state index in [4.69, 9.17) is 9.98 Å². The number of hydrogen-bond acceptors (Lipinski definition) is 4. The van der Waals surface area contributed by atoms with Crippen LogP contribution in [0.1, 0.15) is 0 Å². The zero-order chi connectivity index (χ0) is 29.6. The number of nitrogens with zero attached hydrogens (tertiary/aromatic N) is 2. The molecule has 0 atom stereocenters. The number of hydrogen-bond donors (Lipinski definition) is 0. The summed E-state index contributed by atoms with van der Waals surface area (Å²) < 4.78 is 0. The molecular weight excluding hydrogens is 655 g/mol. The predicted molar refractivity (Wildman–Crippen MR) is 207 cm³/mol. The second-order valence-electron chi connectivity index (χ2n) is 10.4. The number of thioether (sulfide) groups is 2. The maximum Gasteiger partial charge on any atom is 0.129 e. The summed E-state index contributed by atoms with van der Waals surface area (Å²) in [6.45, 7) is 0. The van der Waals surface area contributed by atoms with E-state index in [1.807, 2.05) is 0 Å². The molecule has 1 aliphatic heterocycles. The van der Waals surface area contributed by atoms with Gasteiger partial charge in [0.25, 0.3) is 0 Å². The van der Waals surface area contributed by atoms with Gasteiger partial charge in [-0.3, -0.25) is 0 Å². The molecule has 1 aliphatic rings. The Morgan fingerprint density at radius 2 is 0.617 bits per heavy atom. The molecule has 0 aromatic heterocycles.